The number of halogens is 4. The van der Waals surface area contributed by atoms with E-state index in [-0.39, 0.29) is 33.8 Å². The highest BCUT2D eigenvalue weighted by Crippen LogP contribution is 2.23. The first-order chi connectivity index (χ1) is 48.1. The van der Waals surface area contributed by atoms with Gasteiger partial charge in [-0.2, -0.15) is 0 Å². The molecule has 0 aliphatic heterocycles. The summed E-state index contributed by atoms with van der Waals surface area (Å²) in [4.78, 5) is 87.4. The van der Waals surface area contributed by atoms with Gasteiger partial charge in [-0.1, -0.05) is 88.4 Å². The summed E-state index contributed by atoms with van der Waals surface area (Å²) in [7, 11) is 3.95. The van der Waals surface area contributed by atoms with Gasteiger partial charge in [0.25, 0.3) is 17.0 Å². The molecular weight excluding hydrogens is 1580 g/mol. The van der Waals surface area contributed by atoms with E-state index in [0.29, 0.717) is 58.5 Å². The second kappa shape index (κ2) is 38.7. The van der Waals surface area contributed by atoms with Crippen LogP contribution in [0, 0.1) is 4.77 Å². The van der Waals surface area contributed by atoms with Crippen LogP contribution in [0.5, 0.6) is 0 Å². The molecule has 0 unspecified atom stereocenters. The van der Waals surface area contributed by atoms with Crippen molar-refractivity contribution in [1.82, 2.24) is 92.6 Å². The van der Waals surface area contributed by atoms with Crippen molar-refractivity contribution in [2.24, 2.45) is 0 Å². The van der Waals surface area contributed by atoms with Gasteiger partial charge in [0.15, 0.2) is 25.3 Å². The van der Waals surface area contributed by atoms with E-state index in [0.717, 1.165) is 30.9 Å². The van der Waals surface area contributed by atoms with Crippen LogP contribution in [0.4, 0.5) is 0 Å². The van der Waals surface area contributed by atoms with Crippen molar-refractivity contribution in [2.45, 2.75) is 20.6 Å². The molecule has 100 heavy (non-hydrogen) atoms. The lowest BCUT2D eigenvalue weighted by molar-refractivity contribution is 0.0582. The predicted octanol–water partition coefficient (Wildman–Crippen LogP) is 10.9. The summed E-state index contributed by atoms with van der Waals surface area (Å²) in [6.45, 7) is 0. The number of carbonyl (C=O) groups excluding carboxylic acids is 4. The molecule has 520 valence electrons. The number of nitrogens with zero attached hydrogens (tertiary/aromatic N) is 14. The lowest BCUT2D eigenvalue weighted by Crippen LogP contribution is -2.38. The SMILES string of the molecule is COC(=O)c1ccc[nH]1.COC(=O)c1cccn1N.COC(=O)c1cccn1NC(=S)NC(=O)c1ccccc1.CSc1nc(Cl)c2ccc(Br)n2n1.CSc1nc(Cl)c2cccn2n1.CSc1ncc2ccc(Br)n2n1.CSc1nn2cccc2c(=O)[nH]1.O=c1[nH]c(=S)[nH]n2cccc12. The number of nitrogens with one attached hydrogen (secondary N) is 6. The van der Waals surface area contributed by atoms with Crippen LogP contribution in [0.1, 0.15) is 41.8 Å². The molecule has 30 nitrogen and oxygen atoms in total. The van der Waals surface area contributed by atoms with Crippen LogP contribution in [0.3, 0.4) is 0 Å². The molecule has 0 atom stereocenters. The Morgan fingerprint density at radius 3 is 1.79 bits per heavy atom. The summed E-state index contributed by atoms with van der Waals surface area (Å²) in [5.74, 6) is 3.73. The third-order valence-corrected chi connectivity index (χ3v) is 16.8. The molecule has 14 aromatic rings. The number of amides is 1. The number of ether oxygens (including phenoxy) is 3. The van der Waals surface area contributed by atoms with Gasteiger partial charge < -0.3 is 25.0 Å². The minimum atomic E-state index is -0.510. The van der Waals surface area contributed by atoms with Crippen molar-refractivity contribution in [1.29, 1.82) is 0 Å². The zero-order valence-corrected chi connectivity index (χ0v) is 62.7. The topological polar surface area (TPSA) is 365 Å². The molecule has 0 bridgehead atoms. The summed E-state index contributed by atoms with van der Waals surface area (Å²) in [6.07, 6.45) is 19.6. The molecule has 0 saturated carbocycles. The summed E-state index contributed by atoms with van der Waals surface area (Å²) in [6, 6.07) is 37.0. The Bertz CT molecular complexity index is 5250. The first-order valence-electron chi connectivity index (χ1n) is 28.0. The Labute approximate surface area is 620 Å². The summed E-state index contributed by atoms with van der Waals surface area (Å²) in [5.41, 5.74) is 7.85. The van der Waals surface area contributed by atoms with E-state index in [2.05, 4.69) is 112 Å². The number of aromatic amines is 4. The van der Waals surface area contributed by atoms with Crippen molar-refractivity contribution in [3.05, 3.63) is 238 Å². The van der Waals surface area contributed by atoms with Crippen molar-refractivity contribution in [3.8, 4) is 0 Å². The number of thioether (sulfide) groups is 4. The third kappa shape index (κ3) is 21.7. The summed E-state index contributed by atoms with van der Waals surface area (Å²) < 4.78 is 26.7. The second-order valence-corrected chi connectivity index (χ2v) is 24.9. The molecule has 0 saturated heterocycles. The van der Waals surface area contributed by atoms with Gasteiger partial charge in [0.05, 0.1) is 33.0 Å². The van der Waals surface area contributed by atoms with E-state index < -0.39 is 11.9 Å². The van der Waals surface area contributed by atoms with Crippen molar-refractivity contribution < 1.29 is 33.4 Å². The van der Waals surface area contributed by atoms with E-state index in [1.54, 1.807) is 134 Å². The van der Waals surface area contributed by atoms with Gasteiger partial charge >= 0.3 is 17.9 Å². The van der Waals surface area contributed by atoms with E-state index >= 15 is 0 Å². The standard InChI is InChI=1S/C14H13N3O3S.C7H5BrClN3S.C7H6BrN3S.C7H6ClN3S.C7H7N3OS.C6H5N3OS.C6H8N2O2.C6H7NO2/c1-20-13(19)11-8-5-9-17(11)16-14(21)15-12(18)10-6-3-2-4-7-10;1-13-7-10-6(9)4-2-3-5(8)12(4)11-7;1-12-7-9-4-5-2-3-6(8)11(5)10-7;1-12-7-9-6(8)5-3-2-4-11(5)10-7;1-12-7-8-6(11)5-3-2-4-10(5)9-7;10-5-4-2-1-3-9(4)8-6(11)7-5;1-10-6(9)5-3-2-4-8(5)7;1-9-6(8)5-3-2-4-7-5/h2-9H,1H3,(H2,15,16,18,21);2-3H,1H3;2*2-4H,1H3;2-4H,1H3,(H,8,9,11);1-3H,(H2,7,8,10,11);2-4H,7H2,1H3;2-4,7H,1H3. The summed E-state index contributed by atoms with van der Waals surface area (Å²) >= 11 is 34.3. The van der Waals surface area contributed by atoms with Crippen LogP contribution in [0.2, 0.25) is 10.3 Å². The monoisotopic (exact) mass is 1640 g/mol. The van der Waals surface area contributed by atoms with Crippen LogP contribution in [-0.2, 0) is 14.2 Å². The lowest BCUT2D eigenvalue weighted by atomic mass is 10.2. The molecule has 1 aromatic carbocycles. The predicted molar refractivity (Wildman–Crippen MR) is 400 cm³/mol. The van der Waals surface area contributed by atoms with Crippen LogP contribution in [-0.4, -0.2) is 163 Å². The maximum Gasteiger partial charge on any atom is 0.356 e. The van der Waals surface area contributed by atoms with Crippen molar-refractivity contribution in [3.63, 3.8) is 0 Å². The Hall–Kier alpha value is -9.51. The second-order valence-electron chi connectivity index (χ2n) is 18.7. The fourth-order valence-corrected chi connectivity index (χ4v) is 10.9. The largest absolute Gasteiger partial charge is 0.464 e. The molecule has 40 heteroatoms. The van der Waals surface area contributed by atoms with Crippen LogP contribution >= 0.6 is 127 Å². The van der Waals surface area contributed by atoms with Gasteiger partial charge in [0.2, 0.25) is 15.5 Å². The number of nitrogens with two attached hydrogens (primary N) is 1. The number of fused-ring (bicyclic) bond motifs is 5. The molecular formula is C60H57Br2Cl2N21O9S6. The van der Waals surface area contributed by atoms with Gasteiger partial charge in [0.1, 0.15) is 48.4 Å². The maximum atomic E-state index is 11.9. The zero-order chi connectivity index (χ0) is 72.4. The smallest absolute Gasteiger partial charge is 0.356 e. The van der Waals surface area contributed by atoms with E-state index in [4.69, 9.17) is 53.5 Å². The van der Waals surface area contributed by atoms with E-state index in [1.807, 2.05) is 84.4 Å². The molecule has 13 heterocycles. The highest BCUT2D eigenvalue weighted by atomic mass is 79.9. The number of hydrogen-bond donors (Lipinski definition) is 7. The molecule has 0 aliphatic rings. The van der Waals surface area contributed by atoms with Crippen LogP contribution < -0.4 is 27.7 Å². The highest BCUT2D eigenvalue weighted by Gasteiger charge is 2.14. The molecule has 0 spiro atoms. The number of methoxy groups -OCH3 is 3. The molecule has 1 amide bonds. The average molecular weight is 1640 g/mol. The van der Waals surface area contributed by atoms with E-state index in [1.165, 1.54) is 77.7 Å². The normalized spacial score (nSPS) is 10.3. The first-order valence-corrected chi connectivity index (χ1v) is 36.1. The Morgan fingerprint density at radius 2 is 1.15 bits per heavy atom. The fraction of sp³-hybridized carbons (Fsp3) is 0.117. The number of aromatic nitrogens is 18. The van der Waals surface area contributed by atoms with Crippen molar-refractivity contribution in [2.75, 3.05) is 57.6 Å². The lowest BCUT2D eigenvalue weighted by Gasteiger charge is -2.12. The minimum absolute atomic E-state index is 0.0743. The Kier molecular flexibility index (Phi) is 30.2. The van der Waals surface area contributed by atoms with Crippen LogP contribution in [0.25, 0.3) is 27.6 Å². The van der Waals surface area contributed by atoms with Crippen molar-refractivity contribution >= 4 is 183 Å². The first kappa shape index (κ1) is 77.8. The molecule has 8 N–H and O–H groups in total. The number of thiocarbonyl (C=S) groups is 1. The minimum Gasteiger partial charge on any atom is -0.464 e. The third-order valence-electron chi connectivity index (χ3n) is 12.4. The van der Waals surface area contributed by atoms with Gasteiger partial charge in [0, 0.05) is 42.7 Å². The number of nitrogen functional groups attached to an aromatic ring is 1. The van der Waals surface area contributed by atoms with Gasteiger partial charge in [-0.3, -0.25) is 54.1 Å². The molecule has 13 aromatic heterocycles. The summed E-state index contributed by atoms with van der Waals surface area (Å²) in [5, 5.41) is 26.0. The molecule has 0 aliphatic carbocycles. The number of H-pyrrole nitrogens is 4. The number of benzene rings is 1. The number of carbonyl (C=O) groups is 4. The quantitative estimate of drug-likeness (QED) is 0.0232. The number of hydrogen-bond acceptors (Lipinski definition) is 23. The van der Waals surface area contributed by atoms with Gasteiger partial charge in [-0.05, 0) is 191 Å². The van der Waals surface area contributed by atoms with Gasteiger partial charge in [-0.15, -0.1) is 20.4 Å². The van der Waals surface area contributed by atoms with Gasteiger partial charge in [-0.25, -0.2) is 47.4 Å². The average Bonchev–Trinajstić information content (AvgIpc) is 1.67. The molecule has 0 fully saturated rings. The Balaban J connectivity index is 0.000000163. The van der Waals surface area contributed by atoms with E-state index in [9.17, 15) is 28.8 Å². The molecule has 14 rings (SSSR count). The Morgan fingerprint density at radius 1 is 0.580 bits per heavy atom. The maximum absolute atomic E-state index is 11.9. The van der Waals surface area contributed by atoms with Crippen LogP contribution in [0.15, 0.2) is 210 Å². The number of esters is 3. The zero-order valence-electron chi connectivity index (χ0n) is 53.1. The number of rotatable bonds is 9. The highest BCUT2D eigenvalue weighted by molar-refractivity contribution is 9.10. The molecule has 0 radical (unpaired) electrons. The fourth-order valence-electron chi connectivity index (χ4n) is 7.78.